The number of fused-ring (bicyclic) bond motifs is 2. The van der Waals surface area contributed by atoms with Gasteiger partial charge in [0.15, 0.2) is 0 Å². The lowest BCUT2D eigenvalue weighted by molar-refractivity contribution is 0.633. The van der Waals surface area contributed by atoms with Crippen molar-refractivity contribution in [3.8, 4) is 11.1 Å². The molecule has 0 bridgehead atoms. The van der Waals surface area contributed by atoms with Crippen molar-refractivity contribution in [3.63, 3.8) is 0 Å². The fourth-order valence-electron chi connectivity index (χ4n) is 2.63. The Kier molecular flexibility index (Phi) is 2.21. The van der Waals surface area contributed by atoms with Gasteiger partial charge in [0.1, 0.15) is 5.82 Å². The number of benzene rings is 2. The molecule has 4 aromatic rings. The van der Waals surface area contributed by atoms with Crippen LogP contribution in [0.1, 0.15) is 0 Å². The van der Waals surface area contributed by atoms with Gasteiger partial charge in [-0.25, -0.2) is 9.37 Å². The highest BCUT2D eigenvalue weighted by Crippen LogP contribution is 2.29. The average molecular weight is 265 g/mol. The number of halogens is 1. The lowest BCUT2D eigenvalue weighted by Crippen LogP contribution is -1.87. The minimum Gasteiger partial charge on any atom is -0.351 e. The summed E-state index contributed by atoms with van der Waals surface area (Å²) in [5.41, 5.74) is 4.07. The Balaban J connectivity index is 1.97. The first-order chi connectivity index (χ1) is 9.72. The molecule has 4 heteroatoms. The van der Waals surface area contributed by atoms with E-state index in [0.29, 0.717) is 11.1 Å². The second-order valence-electron chi connectivity index (χ2n) is 4.95. The van der Waals surface area contributed by atoms with E-state index in [1.165, 1.54) is 6.07 Å². The van der Waals surface area contributed by atoms with Gasteiger partial charge in [-0.3, -0.25) is 0 Å². The van der Waals surface area contributed by atoms with Crippen LogP contribution < -0.4 is 0 Å². The molecular formula is C16H12FN3. The largest absolute Gasteiger partial charge is 0.351 e. The third-order valence-corrected chi connectivity index (χ3v) is 3.71. The van der Waals surface area contributed by atoms with Crippen molar-refractivity contribution in [2.24, 2.45) is 7.05 Å². The van der Waals surface area contributed by atoms with E-state index in [-0.39, 0.29) is 5.82 Å². The Morgan fingerprint density at radius 2 is 2.05 bits per heavy atom. The van der Waals surface area contributed by atoms with Crippen molar-refractivity contribution >= 4 is 21.9 Å². The fourth-order valence-corrected chi connectivity index (χ4v) is 2.63. The van der Waals surface area contributed by atoms with Gasteiger partial charge in [-0.15, -0.1) is 0 Å². The molecule has 1 N–H and O–H groups in total. The second kappa shape index (κ2) is 3.93. The molecule has 20 heavy (non-hydrogen) atoms. The van der Waals surface area contributed by atoms with Gasteiger partial charge in [-0.05, 0) is 29.8 Å². The lowest BCUT2D eigenvalue weighted by atomic mass is 10.0. The number of aryl methyl sites for hydroxylation is 1. The van der Waals surface area contributed by atoms with Crippen LogP contribution in [0.25, 0.3) is 33.1 Å². The molecule has 0 unspecified atom stereocenters. The van der Waals surface area contributed by atoms with Gasteiger partial charge in [0.25, 0.3) is 0 Å². The van der Waals surface area contributed by atoms with E-state index in [4.69, 9.17) is 0 Å². The number of hydrogen-bond acceptors (Lipinski definition) is 1. The van der Waals surface area contributed by atoms with Crippen LogP contribution in [0.5, 0.6) is 0 Å². The zero-order chi connectivity index (χ0) is 13.7. The molecule has 2 aromatic heterocycles. The van der Waals surface area contributed by atoms with Crippen LogP contribution >= 0.6 is 0 Å². The van der Waals surface area contributed by atoms with E-state index >= 15 is 0 Å². The molecular weight excluding hydrogens is 253 g/mol. The molecule has 0 saturated heterocycles. The van der Waals surface area contributed by atoms with E-state index in [1.807, 2.05) is 42.1 Å². The van der Waals surface area contributed by atoms with Crippen LogP contribution in [-0.4, -0.2) is 14.5 Å². The quantitative estimate of drug-likeness (QED) is 0.557. The molecule has 0 spiro atoms. The number of aromatic nitrogens is 3. The Morgan fingerprint density at radius 1 is 1.15 bits per heavy atom. The fraction of sp³-hybridized carbons (Fsp3) is 0.0625. The van der Waals surface area contributed by atoms with Crippen LogP contribution in [0.3, 0.4) is 0 Å². The van der Waals surface area contributed by atoms with Crippen molar-refractivity contribution in [1.82, 2.24) is 14.5 Å². The van der Waals surface area contributed by atoms with Gasteiger partial charge in [-0.1, -0.05) is 6.07 Å². The first kappa shape index (κ1) is 11.2. The highest BCUT2D eigenvalue weighted by molar-refractivity contribution is 5.88. The molecule has 98 valence electrons. The predicted molar refractivity (Wildman–Crippen MR) is 78.0 cm³/mol. The predicted octanol–water partition coefficient (Wildman–Crippen LogP) is 3.86. The van der Waals surface area contributed by atoms with E-state index in [2.05, 4.69) is 9.97 Å². The minimum atomic E-state index is -0.239. The molecule has 3 nitrogen and oxygen atoms in total. The summed E-state index contributed by atoms with van der Waals surface area (Å²) in [6, 6.07) is 11.3. The summed E-state index contributed by atoms with van der Waals surface area (Å²) in [7, 11) is 2.00. The highest BCUT2D eigenvalue weighted by atomic mass is 19.1. The molecule has 0 aliphatic heterocycles. The zero-order valence-electron chi connectivity index (χ0n) is 10.9. The smallest absolute Gasteiger partial charge is 0.133 e. The SMILES string of the molecule is Cn1ccc2cc(-c3cc4nc[nH]c4cc3F)ccc21. The third-order valence-electron chi connectivity index (χ3n) is 3.71. The third kappa shape index (κ3) is 1.54. The number of nitrogens with one attached hydrogen (secondary N) is 1. The Bertz CT molecular complexity index is 933. The summed E-state index contributed by atoms with van der Waals surface area (Å²) >= 11 is 0. The first-order valence-corrected chi connectivity index (χ1v) is 6.40. The molecule has 0 radical (unpaired) electrons. The van der Waals surface area contributed by atoms with Gasteiger partial charge in [-0.2, -0.15) is 0 Å². The normalized spacial score (nSPS) is 11.5. The number of hydrogen-bond donors (Lipinski definition) is 1. The number of aromatic amines is 1. The van der Waals surface area contributed by atoms with Gasteiger partial charge in [0, 0.05) is 35.8 Å². The highest BCUT2D eigenvalue weighted by Gasteiger charge is 2.10. The lowest BCUT2D eigenvalue weighted by Gasteiger charge is -2.05. The summed E-state index contributed by atoms with van der Waals surface area (Å²) in [4.78, 5) is 7.10. The molecule has 0 fully saturated rings. The van der Waals surface area contributed by atoms with Crippen molar-refractivity contribution < 1.29 is 4.39 Å². The number of nitrogens with zero attached hydrogens (tertiary/aromatic N) is 2. The molecule has 0 aliphatic rings. The topological polar surface area (TPSA) is 33.6 Å². The summed E-state index contributed by atoms with van der Waals surface area (Å²) in [6.07, 6.45) is 3.58. The van der Waals surface area contributed by atoms with E-state index < -0.39 is 0 Å². The van der Waals surface area contributed by atoms with Gasteiger partial charge >= 0.3 is 0 Å². The minimum absolute atomic E-state index is 0.239. The van der Waals surface area contributed by atoms with Crippen molar-refractivity contribution in [3.05, 3.63) is 54.7 Å². The molecule has 2 aromatic carbocycles. The maximum atomic E-state index is 14.2. The number of imidazole rings is 1. The molecule has 0 atom stereocenters. The van der Waals surface area contributed by atoms with E-state index in [9.17, 15) is 4.39 Å². The number of H-pyrrole nitrogens is 1. The van der Waals surface area contributed by atoms with E-state index in [1.54, 1.807) is 12.4 Å². The Labute approximate surface area is 114 Å². The standard InChI is InChI=1S/C16H12FN3/c1-20-5-4-11-6-10(2-3-16(11)20)12-7-14-15(8-13(12)17)19-9-18-14/h2-9H,1H3,(H,18,19). The summed E-state index contributed by atoms with van der Waals surface area (Å²) in [6.45, 7) is 0. The monoisotopic (exact) mass is 265 g/mol. The van der Waals surface area contributed by atoms with Crippen molar-refractivity contribution in [2.45, 2.75) is 0 Å². The Morgan fingerprint density at radius 3 is 2.95 bits per heavy atom. The second-order valence-corrected chi connectivity index (χ2v) is 4.95. The average Bonchev–Trinajstić information content (AvgIpc) is 3.04. The first-order valence-electron chi connectivity index (χ1n) is 6.40. The van der Waals surface area contributed by atoms with Crippen LogP contribution in [-0.2, 0) is 7.05 Å². The molecule has 0 amide bonds. The van der Waals surface area contributed by atoms with Gasteiger partial charge in [0.05, 0.1) is 17.4 Å². The van der Waals surface area contributed by atoms with Crippen LogP contribution in [0.4, 0.5) is 4.39 Å². The molecule has 0 saturated carbocycles. The summed E-state index contributed by atoms with van der Waals surface area (Å²) < 4.78 is 16.3. The van der Waals surface area contributed by atoms with Gasteiger partial charge < -0.3 is 9.55 Å². The van der Waals surface area contributed by atoms with Crippen LogP contribution in [0.15, 0.2) is 48.9 Å². The maximum Gasteiger partial charge on any atom is 0.133 e. The Hall–Kier alpha value is -2.62. The molecule has 0 aliphatic carbocycles. The van der Waals surface area contributed by atoms with Crippen molar-refractivity contribution in [2.75, 3.05) is 0 Å². The maximum absolute atomic E-state index is 14.2. The van der Waals surface area contributed by atoms with Crippen LogP contribution in [0, 0.1) is 5.82 Å². The van der Waals surface area contributed by atoms with Crippen molar-refractivity contribution in [1.29, 1.82) is 0 Å². The summed E-state index contributed by atoms with van der Waals surface area (Å²) in [5.74, 6) is -0.239. The molecule has 4 rings (SSSR count). The van der Waals surface area contributed by atoms with Gasteiger partial charge in [0.2, 0.25) is 0 Å². The van der Waals surface area contributed by atoms with Crippen LogP contribution in [0.2, 0.25) is 0 Å². The molecule has 2 heterocycles. The van der Waals surface area contributed by atoms with E-state index in [0.717, 1.165) is 22.0 Å². The zero-order valence-corrected chi connectivity index (χ0v) is 10.9. The number of rotatable bonds is 1. The summed E-state index contributed by atoms with van der Waals surface area (Å²) in [5, 5.41) is 1.10.